The maximum absolute atomic E-state index is 12.9. The van der Waals surface area contributed by atoms with Gasteiger partial charge in [-0.1, -0.05) is 35.3 Å². The highest BCUT2D eigenvalue weighted by Crippen LogP contribution is 2.25. The molecule has 0 unspecified atom stereocenters. The molecule has 0 aliphatic carbocycles. The molecular weight excluding hydrogens is 1070 g/mol. The molecule has 378 valence electrons. The van der Waals surface area contributed by atoms with E-state index in [4.69, 9.17) is 35.4 Å². The summed E-state index contributed by atoms with van der Waals surface area (Å²) in [7, 11) is -3.57. The molecule has 0 atom stereocenters. The van der Waals surface area contributed by atoms with Gasteiger partial charge in [0.2, 0.25) is 0 Å². The first-order valence-electron chi connectivity index (χ1n) is 18.6. The number of halogens is 6. The summed E-state index contributed by atoms with van der Waals surface area (Å²) in [6.45, 7) is 7.57. The second kappa shape index (κ2) is 37.4. The van der Waals surface area contributed by atoms with E-state index in [2.05, 4.69) is 57.9 Å². The van der Waals surface area contributed by atoms with Crippen LogP contribution in [0.15, 0.2) is 117 Å². The molecule has 0 radical (unpaired) electrons. The van der Waals surface area contributed by atoms with Crippen molar-refractivity contribution in [1.29, 1.82) is 0 Å². The molecule has 0 aliphatic rings. The van der Waals surface area contributed by atoms with Gasteiger partial charge in [0, 0.05) is 29.8 Å². The summed E-state index contributed by atoms with van der Waals surface area (Å²) >= 11 is 16.9. The molecule has 0 amide bonds. The van der Waals surface area contributed by atoms with Crippen LogP contribution in [0.4, 0.5) is 28.9 Å². The van der Waals surface area contributed by atoms with Gasteiger partial charge in [-0.2, -0.15) is 6.92 Å². The summed E-state index contributed by atoms with van der Waals surface area (Å²) in [6, 6.07) is 19.5. The number of nitrogens with two attached hydrogens (primary N) is 1. The molecule has 0 fully saturated rings. The van der Waals surface area contributed by atoms with Gasteiger partial charge in [0.05, 0.1) is 31.9 Å². The number of nitrogen functional groups attached to an aromatic ring is 1. The normalized spacial score (nSPS) is 9.62. The lowest BCUT2D eigenvalue weighted by Crippen LogP contribution is -2.03. The van der Waals surface area contributed by atoms with Crippen LogP contribution in [0.5, 0.6) is 0 Å². The summed E-state index contributed by atoms with van der Waals surface area (Å²) in [6.07, 6.45) is 24.9. The predicted octanol–water partition coefficient (Wildman–Crippen LogP) is 12.3. The summed E-state index contributed by atoms with van der Waals surface area (Å²) in [5.41, 5.74) is 7.80. The van der Waals surface area contributed by atoms with Crippen molar-refractivity contribution < 1.29 is 35.8 Å². The summed E-state index contributed by atoms with van der Waals surface area (Å²) in [4.78, 5) is 35.0. The number of sulfone groups is 1. The average Bonchev–Trinajstić information content (AvgIpc) is 3.29. The Labute approximate surface area is 437 Å². The maximum Gasteiger partial charge on any atom is 0.264 e. The lowest BCUT2D eigenvalue weighted by molar-refractivity contribution is -0.402. The third kappa shape index (κ3) is 30.0. The van der Waals surface area contributed by atoms with E-state index in [-0.39, 0.29) is 33.1 Å². The van der Waals surface area contributed by atoms with Crippen LogP contribution in [0.1, 0.15) is 6.92 Å². The Balaban J connectivity index is 0. The fourth-order valence-corrected chi connectivity index (χ4v) is 7.47. The van der Waals surface area contributed by atoms with Crippen molar-refractivity contribution in [3.63, 3.8) is 0 Å². The standard InChI is InChI=1S/C9H6ClFN2O2S.C9H6ClFN2S.C9H9FN2O2S.C6H6FN.C4H7NO2S2.C3H4.C3H3.C3H2/c1-16(14,15)9-8(10)12-6-3-2-5(11)4-7(6)13-9;1-14-9-8(10)12-6-3-2-5(11)4-7(6)13-9;1-15-9(6-12(13)14)11-8-4-2-3-7(10)5-8;7-5-2-1-3-6(8)4-5;1-8-4(9-2)3-5(6)7;3*1-3-2/h2-4H,1H3;2-4H,1H3;2-6,11H,1H3;1-4H,8H2;3H,1-2H3;1H,2H3;1H,2H2;1H2/q;;;;;;-1;-2/b;;9-6-;;;;;. The molecule has 3 N–H and O–H groups in total. The van der Waals surface area contributed by atoms with Crippen molar-refractivity contribution in [3.8, 4) is 30.6 Å². The van der Waals surface area contributed by atoms with E-state index in [1.165, 1.54) is 102 Å². The molecule has 2 aromatic heterocycles. The number of aromatic nitrogens is 4. The van der Waals surface area contributed by atoms with Crippen molar-refractivity contribution in [3.05, 3.63) is 181 Å². The Morgan fingerprint density at radius 3 is 1.55 bits per heavy atom. The van der Waals surface area contributed by atoms with E-state index in [1.807, 2.05) is 24.7 Å². The summed E-state index contributed by atoms with van der Waals surface area (Å²) in [5.74, 6) is 4.50. The first-order chi connectivity index (χ1) is 33.4. The lowest BCUT2D eigenvalue weighted by atomic mass is 10.3. The molecule has 71 heavy (non-hydrogen) atoms. The van der Waals surface area contributed by atoms with E-state index in [9.17, 15) is 46.2 Å². The Morgan fingerprint density at radius 2 is 1.18 bits per heavy atom. The number of fused-ring (bicyclic) bond motifs is 2. The van der Waals surface area contributed by atoms with Crippen LogP contribution in [0.3, 0.4) is 0 Å². The number of terminal acetylenes is 2. The fourth-order valence-electron chi connectivity index (χ4n) is 4.07. The molecular formula is C46H43Cl2F4N8O6S5-3. The Hall–Kier alpha value is -6.49. The first-order valence-corrected chi connectivity index (χ1v) is 26.1. The molecule has 14 nitrogen and oxygen atoms in total. The Bertz CT molecular complexity index is 2930. The van der Waals surface area contributed by atoms with Crippen LogP contribution >= 0.6 is 70.2 Å². The number of nitro groups is 2. The first kappa shape index (κ1) is 66.6. The highest BCUT2D eigenvalue weighted by atomic mass is 35.5. The van der Waals surface area contributed by atoms with Crippen LogP contribution in [-0.2, 0) is 9.84 Å². The lowest BCUT2D eigenvalue weighted by Gasteiger charge is -2.05. The van der Waals surface area contributed by atoms with Gasteiger partial charge in [0.15, 0.2) is 25.2 Å². The fraction of sp³-hybridized carbons (Fsp3) is 0.130. The van der Waals surface area contributed by atoms with Gasteiger partial charge in [-0.3, -0.25) is 20.2 Å². The molecule has 0 bridgehead atoms. The van der Waals surface area contributed by atoms with Crippen molar-refractivity contribution in [1.82, 2.24) is 19.9 Å². The smallest absolute Gasteiger partial charge is 0.264 e. The highest BCUT2D eigenvalue weighted by Gasteiger charge is 2.17. The SMILES string of the molecule is C#CC.C#C[CH2-].CS(=O)(=O)c1nc2cc(F)ccc2nc1Cl.CS/C(=C\[N+](=O)[O-])Nc1cccc(F)c1.CSC(=C[N+](=O)[O-])SC.CSc1nc2cc(F)ccc2nc1Cl.Nc1cccc(F)c1.[C-]#C[CH2-]. The quantitative estimate of drug-likeness (QED) is 0.0262. The number of rotatable bonds is 9. The zero-order valence-corrected chi connectivity index (χ0v) is 43.9. The van der Waals surface area contributed by atoms with Gasteiger partial charge < -0.3 is 42.7 Å². The van der Waals surface area contributed by atoms with E-state index >= 15 is 0 Å². The number of hydrogen-bond donors (Lipinski definition) is 2. The topological polar surface area (TPSA) is 210 Å². The number of nitrogens with zero attached hydrogens (tertiary/aromatic N) is 6. The van der Waals surface area contributed by atoms with Crippen LogP contribution in [0.25, 0.3) is 22.1 Å². The predicted molar refractivity (Wildman–Crippen MR) is 287 cm³/mol. The molecule has 0 aliphatic heterocycles. The highest BCUT2D eigenvalue weighted by molar-refractivity contribution is 8.21. The van der Waals surface area contributed by atoms with Crippen LogP contribution < -0.4 is 11.1 Å². The van der Waals surface area contributed by atoms with Crippen LogP contribution in [0.2, 0.25) is 10.3 Å². The molecule has 6 rings (SSSR count). The minimum absolute atomic E-state index is 0.157. The Kier molecular flexibility index (Phi) is 35.0. The third-order valence-corrected chi connectivity index (χ3v) is 11.7. The van der Waals surface area contributed by atoms with Gasteiger partial charge in [0.25, 0.3) is 12.4 Å². The van der Waals surface area contributed by atoms with Gasteiger partial charge in [-0.25, -0.2) is 45.9 Å². The minimum atomic E-state index is -3.57. The molecule has 2 heterocycles. The van der Waals surface area contributed by atoms with E-state index < -0.39 is 25.5 Å². The van der Waals surface area contributed by atoms with Crippen LogP contribution in [-0.4, -0.2) is 69.5 Å². The largest absolute Gasteiger partial charge is 0.729 e. The Morgan fingerprint density at radius 1 is 0.746 bits per heavy atom. The van der Waals surface area contributed by atoms with E-state index in [1.54, 1.807) is 43.4 Å². The number of anilines is 2. The molecule has 25 heteroatoms. The zero-order chi connectivity index (χ0) is 54.7. The van der Waals surface area contributed by atoms with E-state index in [0.717, 1.165) is 29.0 Å². The second-order valence-electron chi connectivity index (χ2n) is 11.9. The van der Waals surface area contributed by atoms with Gasteiger partial charge >= 0.3 is 0 Å². The maximum atomic E-state index is 12.9. The van der Waals surface area contributed by atoms with Gasteiger partial charge in [-0.05, 0) is 92.6 Å². The van der Waals surface area contributed by atoms with Gasteiger partial charge in [0.1, 0.15) is 37.6 Å². The molecule has 4 aromatic carbocycles. The summed E-state index contributed by atoms with van der Waals surface area (Å²) < 4.78 is 74.0. The number of nitrogens with one attached hydrogen (secondary N) is 1. The molecule has 0 saturated carbocycles. The zero-order valence-electron chi connectivity index (χ0n) is 38.3. The number of hydrogen-bond acceptors (Lipinski definition) is 16. The second-order valence-corrected chi connectivity index (χ2v) is 18.1. The van der Waals surface area contributed by atoms with E-state index in [0.29, 0.717) is 43.1 Å². The van der Waals surface area contributed by atoms with Crippen LogP contribution in [0, 0.1) is 94.4 Å². The number of benzene rings is 4. The molecule has 6 aromatic rings. The molecule has 0 spiro atoms. The summed E-state index contributed by atoms with van der Waals surface area (Å²) in [5, 5.41) is 23.6. The monoisotopic (exact) mass is 1110 g/mol. The average molecular weight is 1110 g/mol. The van der Waals surface area contributed by atoms with Crippen molar-refractivity contribution in [2.45, 2.75) is 17.0 Å². The molecule has 0 saturated heterocycles. The third-order valence-electron chi connectivity index (χ3n) is 6.65. The van der Waals surface area contributed by atoms with Crippen molar-refractivity contribution >= 4 is 114 Å². The number of thioether (sulfide) groups is 4. The van der Waals surface area contributed by atoms with Crippen molar-refractivity contribution in [2.75, 3.05) is 42.3 Å². The van der Waals surface area contributed by atoms with Gasteiger partial charge in [-0.15, -0.1) is 59.4 Å². The minimum Gasteiger partial charge on any atom is -0.729 e. The van der Waals surface area contributed by atoms with Crippen molar-refractivity contribution in [2.24, 2.45) is 0 Å².